The number of halogens is 1. The molecule has 0 bridgehead atoms. The zero-order valence-corrected chi connectivity index (χ0v) is 15.3. The molecule has 2 rings (SSSR count). The molecule has 7 heteroatoms. The molecule has 1 aliphatic heterocycles. The summed E-state index contributed by atoms with van der Waals surface area (Å²) in [5.74, 6) is 0.175. The molecule has 2 amide bonds. The number of nitrogens with zero attached hydrogens (tertiary/aromatic N) is 3. The number of benzene rings is 1. The molecule has 134 valence electrons. The van der Waals surface area contributed by atoms with E-state index in [2.05, 4.69) is 10.2 Å². The van der Waals surface area contributed by atoms with E-state index >= 15 is 0 Å². The molecule has 0 aliphatic carbocycles. The second-order valence-electron chi connectivity index (χ2n) is 6.51. The molecule has 0 spiro atoms. The first kappa shape index (κ1) is 19.1. The molecule has 0 saturated carbocycles. The lowest BCUT2D eigenvalue weighted by atomic mass is 10.1. The van der Waals surface area contributed by atoms with E-state index in [4.69, 9.17) is 16.9 Å². The highest BCUT2D eigenvalue weighted by molar-refractivity contribution is 6.31. The van der Waals surface area contributed by atoms with Crippen LogP contribution in [0.1, 0.15) is 26.7 Å². The van der Waals surface area contributed by atoms with Crippen molar-refractivity contribution in [3.63, 3.8) is 0 Å². The van der Waals surface area contributed by atoms with Crippen molar-refractivity contribution in [3.8, 4) is 6.07 Å². The summed E-state index contributed by atoms with van der Waals surface area (Å²) in [6.45, 7) is 6.76. The van der Waals surface area contributed by atoms with Crippen LogP contribution in [0, 0.1) is 17.2 Å². The summed E-state index contributed by atoms with van der Waals surface area (Å²) < 4.78 is 0. The van der Waals surface area contributed by atoms with E-state index in [1.807, 2.05) is 30.9 Å². The quantitative estimate of drug-likeness (QED) is 0.873. The molecule has 1 fully saturated rings. The highest BCUT2D eigenvalue weighted by atomic mass is 35.5. The summed E-state index contributed by atoms with van der Waals surface area (Å²) in [5.41, 5.74) is 1.45. The Balaban J connectivity index is 2.06. The van der Waals surface area contributed by atoms with Crippen molar-refractivity contribution in [1.82, 2.24) is 4.90 Å². The van der Waals surface area contributed by atoms with Gasteiger partial charge in [0.1, 0.15) is 6.42 Å². The van der Waals surface area contributed by atoms with Crippen LogP contribution in [0.4, 0.5) is 11.4 Å². The van der Waals surface area contributed by atoms with Gasteiger partial charge in [0, 0.05) is 37.6 Å². The van der Waals surface area contributed by atoms with E-state index in [9.17, 15) is 9.59 Å². The van der Waals surface area contributed by atoms with Gasteiger partial charge >= 0.3 is 0 Å². The van der Waals surface area contributed by atoms with E-state index < -0.39 is 0 Å². The maximum absolute atomic E-state index is 12.2. The van der Waals surface area contributed by atoms with Crippen LogP contribution in [-0.2, 0) is 9.59 Å². The molecule has 25 heavy (non-hydrogen) atoms. The Morgan fingerprint density at radius 3 is 2.56 bits per heavy atom. The van der Waals surface area contributed by atoms with Crippen molar-refractivity contribution in [3.05, 3.63) is 23.2 Å². The Labute approximate surface area is 153 Å². The average molecular weight is 363 g/mol. The fourth-order valence-corrected chi connectivity index (χ4v) is 3.00. The molecular formula is C18H23ClN4O2. The van der Waals surface area contributed by atoms with E-state index in [1.165, 1.54) is 0 Å². The lowest BCUT2D eigenvalue weighted by Crippen LogP contribution is -2.49. The first-order valence-corrected chi connectivity index (χ1v) is 8.77. The predicted molar refractivity (Wildman–Crippen MR) is 98.6 cm³/mol. The molecule has 1 saturated heterocycles. The van der Waals surface area contributed by atoms with Crippen LogP contribution in [0.3, 0.4) is 0 Å². The number of rotatable bonds is 5. The first-order valence-electron chi connectivity index (χ1n) is 8.39. The Bertz CT molecular complexity index is 676. The molecule has 0 atom stereocenters. The third kappa shape index (κ3) is 5.36. The number of hydrogen-bond acceptors (Lipinski definition) is 4. The number of hydrogen-bond donors (Lipinski definition) is 1. The van der Waals surface area contributed by atoms with Crippen molar-refractivity contribution in [2.24, 2.45) is 5.92 Å². The minimum atomic E-state index is -0.364. The molecule has 1 aromatic rings. The highest BCUT2D eigenvalue weighted by Crippen LogP contribution is 2.30. The van der Waals surface area contributed by atoms with Crippen molar-refractivity contribution in [1.29, 1.82) is 5.26 Å². The molecule has 0 unspecified atom stereocenters. The summed E-state index contributed by atoms with van der Waals surface area (Å²) in [6.07, 6.45) is 0.361. The van der Waals surface area contributed by atoms with Gasteiger partial charge in [0.05, 0.1) is 17.4 Å². The topological polar surface area (TPSA) is 76.4 Å². The number of amides is 2. The molecule has 1 N–H and O–H groups in total. The minimum Gasteiger partial charge on any atom is -0.366 e. The number of piperazine rings is 1. The van der Waals surface area contributed by atoms with Gasteiger partial charge < -0.3 is 15.1 Å². The van der Waals surface area contributed by atoms with Crippen molar-refractivity contribution in [2.75, 3.05) is 36.4 Å². The predicted octanol–water partition coefficient (Wildman–Crippen LogP) is 2.89. The summed E-state index contributed by atoms with van der Waals surface area (Å²) in [6, 6.07) is 7.14. The first-order chi connectivity index (χ1) is 11.9. The van der Waals surface area contributed by atoms with E-state index in [0.29, 0.717) is 49.2 Å². The van der Waals surface area contributed by atoms with Gasteiger partial charge in [0.25, 0.3) is 0 Å². The van der Waals surface area contributed by atoms with Gasteiger partial charge in [-0.05, 0) is 24.1 Å². The van der Waals surface area contributed by atoms with Crippen LogP contribution in [0.25, 0.3) is 0 Å². The van der Waals surface area contributed by atoms with Crippen molar-refractivity contribution in [2.45, 2.75) is 26.7 Å². The van der Waals surface area contributed by atoms with Gasteiger partial charge in [-0.3, -0.25) is 9.59 Å². The fourth-order valence-electron chi connectivity index (χ4n) is 2.83. The number of nitriles is 1. The largest absolute Gasteiger partial charge is 0.366 e. The number of carbonyl (C=O) groups excluding carboxylic acids is 2. The van der Waals surface area contributed by atoms with Crippen LogP contribution < -0.4 is 10.2 Å². The van der Waals surface area contributed by atoms with Crippen LogP contribution in [0.15, 0.2) is 18.2 Å². The molecule has 0 aromatic heterocycles. The Hall–Kier alpha value is -2.26. The van der Waals surface area contributed by atoms with Crippen molar-refractivity contribution >= 4 is 34.8 Å². The van der Waals surface area contributed by atoms with Crippen LogP contribution >= 0.6 is 11.6 Å². The Morgan fingerprint density at radius 1 is 1.28 bits per heavy atom. The van der Waals surface area contributed by atoms with Crippen LogP contribution in [0.5, 0.6) is 0 Å². The zero-order chi connectivity index (χ0) is 18.4. The zero-order valence-electron chi connectivity index (χ0n) is 14.6. The monoisotopic (exact) mass is 362 g/mol. The normalized spacial score (nSPS) is 14.4. The smallest absolute Gasteiger partial charge is 0.238 e. The molecular weight excluding hydrogens is 340 g/mol. The molecule has 1 heterocycles. The summed E-state index contributed by atoms with van der Waals surface area (Å²) in [4.78, 5) is 27.9. The standard InChI is InChI=1S/C18H23ClN4O2/c1-13(2)11-18(25)23-9-7-22(8-10-23)16-4-3-14(19)12-15(16)21-17(24)5-6-20/h3-4,12-13H,5,7-11H2,1-2H3,(H,21,24). The van der Waals surface area contributed by atoms with Gasteiger partial charge in [-0.15, -0.1) is 0 Å². The third-order valence-corrected chi connectivity index (χ3v) is 4.26. The van der Waals surface area contributed by atoms with Gasteiger partial charge in [-0.1, -0.05) is 25.4 Å². The van der Waals surface area contributed by atoms with Gasteiger partial charge in [0.15, 0.2) is 0 Å². The molecule has 1 aromatic carbocycles. The highest BCUT2D eigenvalue weighted by Gasteiger charge is 2.23. The van der Waals surface area contributed by atoms with Crippen LogP contribution in [-0.4, -0.2) is 42.9 Å². The Kier molecular flexibility index (Phi) is 6.65. The molecule has 6 nitrogen and oxygen atoms in total. The maximum atomic E-state index is 12.2. The minimum absolute atomic E-state index is 0.188. The van der Waals surface area contributed by atoms with Gasteiger partial charge in [-0.2, -0.15) is 5.26 Å². The number of anilines is 2. The molecule has 1 aliphatic rings. The van der Waals surface area contributed by atoms with E-state index in [1.54, 1.807) is 12.1 Å². The summed E-state index contributed by atoms with van der Waals surface area (Å²) in [7, 11) is 0. The second kappa shape index (κ2) is 8.72. The van der Waals surface area contributed by atoms with Crippen LogP contribution in [0.2, 0.25) is 5.02 Å². The second-order valence-corrected chi connectivity index (χ2v) is 6.95. The maximum Gasteiger partial charge on any atom is 0.238 e. The lowest BCUT2D eigenvalue weighted by molar-refractivity contribution is -0.132. The summed E-state index contributed by atoms with van der Waals surface area (Å²) >= 11 is 6.04. The lowest BCUT2D eigenvalue weighted by Gasteiger charge is -2.37. The van der Waals surface area contributed by atoms with Gasteiger partial charge in [-0.25, -0.2) is 0 Å². The number of carbonyl (C=O) groups is 2. The average Bonchev–Trinajstić information content (AvgIpc) is 2.55. The number of nitrogens with one attached hydrogen (secondary N) is 1. The summed E-state index contributed by atoms with van der Waals surface area (Å²) in [5, 5.41) is 11.9. The molecule has 0 radical (unpaired) electrons. The van der Waals surface area contributed by atoms with Gasteiger partial charge in [0.2, 0.25) is 11.8 Å². The Morgan fingerprint density at radius 2 is 1.96 bits per heavy atom. The van der Waals surface area contributed by atoms with Crippen molar-refractivity contribution < 1.29 is 9.59 Å². The van der Waals surface area contributed by atoms with E-state index in [0.717, 1.165) is 5.69 Å². The third-order valence-electron chi connectivity index (χ3n) is 4.03. The van der Waals surface area contributed by atoms with E-state index in [-0.39, 0.29) is 18.2 Å². The SMILES string of the molecule is CC(C)CC(=O)N1CCN(c2ccc(Cl)cc2NC(=O)CC#N)CC1. The fraction of sp³-hybridized carbons (Fsp3) is 0.500.